The Bertz CT molecular complexity index is 303. The fraction of sp³-hybridized carbons (Fsp3) is 0.333. The van der Waals surface area contributed by atoms with Crippen LogP contribution in [0.3, 0.4) is 0 Å². The molecule has 70 valence electrons. The molecule has 1 aromatic rings. The number of alkyl halides is 1. The fourth-order valence-electron chi connectivity index (χ4n) is 1.21. The molecule has 0 aliphatic heterocycles. The van der Waals surface area contributed by atoms with Gasteiger partial charge in [0, 0.05) is 11.5 Å². The topological polar surface area (TPSA) is 50.2 Å². The molecule has 0 atom stereocenters. The van der Waals surface area contributed by atoms with Crippen molar-refractivity contribution in [2.24, 2.45) is 0 Å². The molecule has 0 aliphatic rings. The standard InChI is InChI=1S/C9H10BrNO2/c1-2-6-3-4-11-7(5-10)8(6)9(12)13/h3-4H,2,5H2,1H3,(H,12,13). The second-order valence-electron chi connectivity index (χ2n) is 2.58. The van der Waals surface area contributed by atoms with Gasteiger partial charge in [0.1, 0.15) is 0 Å². The first-order chi connectivity index (χ1) is 6.20. The van der Waals surface area contributed by atoms with E-state index in [2.05, 4.69) is 20.9 Å². The van der Waals surface area contributed by atoms with E-state index in [0.29, 0.717) is 23.0 Å². The quantitative estimate of drug-likeness (QED) is 0.829. The van der Waals surface area contributed by atoms with Gasteiger partial charge in [0.25, 0.3) is 0 Å². The number of carboxylic acid groups (broad SMARTS) is 1. The summed E-state index contributed by atoms with van der Waals surface area (Å²) in [4.78, 5) is 14.9. The predicted molar refractivity (Wildman–Crippen MR) is 53.2 cm³/mol. The summed E-state index contributed by atoms with van der Waals surface area (Å²) in [6.07, 6.45) is 2.35. The number of aromatic nitrogens is 1. The molecular weight excluding hydrogens is 234 g/mol. The van der Waals surface area contributed by atoms with E-state index in [1.165, 1.54) is 0 Å². The van der Waals surface area contributed by atoms with Crippen LogP contribution in [0, 0.1) is 0 Å². The molecule has 1 rings (SSSR count). The van der Waals surface area contributed by atoms with Crippen molar-refractivity contribution in [1.82, 2.24) is 4.98 Å². The third-order valence-corrected chi connectivity index (χ3v) is 2.37. The first kappa shape index (κ1) is 10.2. The molecule has 0 bridgehead atoms. The molecule has 1 aromatic heterocycles. The van der Waals surface area contributed by atoms with E-state index in [0.717, 1.165) is 5.56 Å². The molecule has 13 heavy (non-hydrogen) atoms. The number of hydrogen-bond acceptors (Lipinski definition) is 2. The Labute approximate surface area is 84.9 Å². The van der Waals surface area contributed by atoms with E-state index < -0.39 is 5.97 Å². The summed E-state index contributed by atoms with van der Waals surface area (Å²) in [6.45, 7) is 1.93. The van der Waals surface area contributed by atoms with E-state index >= 15 is 0 Å². The number of pyridine rings is 1. The number of aromatic carboxylic acids is 1. The van der Waals surface area contributed by atoms with Gasteiger partial charge in [-0.25, -0.2) is 4.79 Å². The number of carbonyl (C=O) groups is 1. The third kappa shape index (κ3) is 2.06. The van der Waals surface area contributed by atoms with Gasteiger partial charge < -0.3 is 5.11 Å². The molecule has 0 amide bonds. The van der Waals surface area contributed by atoms with E-state index in [-0.39, 0.29) is 0 Å². The number of halogens is 1. The second-order valence-corrected chi connectivity index (χ2v) is 3.14. The molecule has 0 unspecified atom stereocenters. The highest BCUT2D eigenvalue weighted by Crippen LogP contribution is 2.15. The van der Waals surface area contributed by atoms with Gasteiger partial charge >= 0.3 is 5.97 Å². The zero-order valence-electron chi connectivity index (χ0n) is 7.25. The summed E-state index contributed by atoms with van der Waals surface area (Å²) < 4.78 is 0. The highest BCUT2D eigenvalue weighted by Gasteiger charge is 2.14. The summed E-state index contributed by atoms with van der Waals surface area (Å²) in [7, 11) is 0. The van der Waals surface area contributed by atoms with E-state index in [4.69, 9.17) is 5.11 Å². The van der Waals surface area contributed by atoms with Crippen molar-refractivity contribution in [3.8, 4) is 0 Å². The maximum atomic E-state index is 10.9. The predicted octanol–water partition coefficient (Wildman–Crippen LogP) is 2.24. The molecule has 1 N–H and O–H groups in total. The van der Waals surface area contributed by atoms with Crippen LogP contribution in [0.15, 0.2) is 12.3 Å². The van der Waals surface area contributed by atoms with Gasteiger partial charge in [0.2, 0.25) is 0 Å². The number of hydrogen-bond donors (Lipinski definition) is 1. The zero-order chi connectivity index (χ0) is 9.84. The average molecular weight is 244 g/mol. The van der Waals surface area contributed by atoms with Crippen LogP contribution in [-0.2, 0) is 11.8 Å². The number of rotatable bonds is 3. The van der Waals surface area contributed by atoms with Crippen LogP contribution in [0.4, 0.5) is 0 Å². The number of nitrogens with zero attached hydrogens (tertiary/aromatic N) is 1. The maximum absolute atomic E-state index is 10.9. The first-order valence-corrected chi connectivity index (χ1v) is 5.08. The minimum absolute atomic E-state index is 0.335. The normalized spacial score (nSPS) is 10.0. The Kier molecular flexibility index (Phi) is 3.42. The van der Waals surface area contributed by atoms with Crippen molar-refractivity contribution < 1.29 is 9.90 Å². The van der Waals surface area contributed by atoms with Crippen LogP contribution in [0.2, 0.25) is 0 Å². The van der Waals surface area contributed by atoms with Crippen molar-refractivity contribution in [3.05, 3.63) is 29.1 Å². The van der Waals surface area contributed by atoms with Gasteiger partial charge in [-0.2, -0.15) is 0 Å². The maximum Gasteiger partial charge on any atom is 0.337 e. The molecule has 0 spiro atoms. The van der Waals surface area contributed by atoms with Crippen molar-refractivity contribution >= 4 is 21.9 Å². The van der Waals surface area contributed by atoms with Crippen molar-refractivity contribution in [3.63, 3.8) is 0 Å². The lowest BCUT2D eigenvalue weighted by molar-refractivity contribution is 0.0694. The molecule has 1 heterocycles. The van der Waals surface area contributed by atoms with Crippen molar-refractivity contribution in [2.45, 2.75) is 18.7 Å². The molecule has 0 fully saturated rings. The van der Waals surface area contributed by atoms with Crippen LogP contribution in [0.1, 0.15) is 28.5 Å². The molecule has 0 aromatic carbocycles. The van der Waals surface area contributed by atoms with E-state index in [9.17, 15) is 4.79 Å². The first-order valence-electron chi connectivity index (χ1n) is 3.96. The van der Waals surface area contributed by atoms with Crippen LogP contribution >= 0.6 is 15.9 Å². The van der Waals surface area contributed by atoms with Gasteiger partial charge in [-0.05, 0) is 18.1 Å². The van der Waals surface area contributed by atoms with E-state index in [1.54, 1.807) is 12.3 Å². The number of carboxylic acids is 1. The highest BCUT2D eigenvalue weighted by molar-refractivity contribution is 9.08. The summed E-state index contributed by atoms with van der Waals surface area (Å²) in [5.74, 6) is -0.903. The second kappa shape index (κ2) is 4.37. The van der Waals surface area contributed by atoms with Gasteiger partial charge in [-0.15, -0.1) is 0 Å². The van der Waals surface area contributed by atoms with E-state index in [1.807, 2.05) is 6.92 Å². The van der Waals surface area contributed by atoms with Gasteiger partial charge in [0.15, 0.2) is 0 Å². The van der Waals surface area contributed by atoms with Gasteiger partial charge in [-0.1, -0.05) is 22.9 Å². The minimum atomic E-state index is -0.903. The number of aryl methyl sites for hydroxylation is 1. The fourth-order valence-corrected chi connectivity index (χ4v) is 1.63. The van der Waals surface area contributed by atoms with Crippen LogP contribution in [0.25, 0.3) is 0 Å². The van der Waals surface area contributed by atoms with Crippen LogP contribution in [0.5, 0.6) is 0 Å². The Morgan fingerprint density at radius 1 is 1.69 bits per heavy atom. The lowest BCUT2D eigenvalue weighted by Gasteiger charge is -2.06. The molecule has 4 heteroatoms. The van der Waals surface area contributed by atoms with Gasteiger partial charge in [-0.3, -0.25) is 4.98 Å². The Balaban J connectivity index is 3.29. The third-order valence-electron chi connectivity index (χ3n) is 1.84. The lowest BCUT2D eigenvalue weighted by Crippen LogP contribution is -2.07. The Hall–Kier alpha value is -0.900. The summed E-state index contributed by atoms with van der Waals surface area (Å²) >= 11 is 3.21. The highest BCUT2D eigenvalue weighted by atomic mass is 79.9. The molecular formula is C9H10BrNO2. The van der Waals surface area contributed by atoms with Crippen LogP contribution in [-0.4, -0.2) is 16.1 Å². The average Bonchev–Trinajstić information content (AvgIpc) is 2.16. The largest absolute Gasteiger partial charge is 0.478 e. The molecule has 0 saturated carbocycles. The smallest absolute Gasteiger partial charge is 0.337 e. The molecule has 0 saturated heterocycles. The Morgan fingerprint density at radius 2 is 2.38 bits per heavy atom. The Morgan fingerprint density at radius 3 is 2.85 bits per heavy atom. The monoisotopic (exact) mass is 243 g/mol. The molecule has 0 radical (unpaired) electrons. The zero-order valence-corrected chi connectivity index (χ0v) is 8.84. The van der Waals surface area contributed by atoms with Gasteiger partial charge in [0.05, 0.1) is 11.3 Å². The summed E-state index contributed by atoms with van der Waals surface area (Å²) in [5.41, 5.74) is 1.76. The molecule has 3 nitrogen and oxygen atoms in total. The lowest BCUT2D eigenvalue weighted by atomic mass is 10.1. The minimum Gasteiger partial charge on any atom is -0.478 e. The SMILES string of the molecule is CCc1ccnc(CBr)c1C(=O)O. The summed E-state index contributed by atoms with van der Waals surface area (Å²) in [6, 6.07) is 1.75. The van der Waals surface area contributed by atoms with Crippen molar-refractivity contribution in [2.75, 3.05) is 0 Å². The molecule has 0 aliphatic carbocycles. The van der Waals surface area contributed by atoms with Crippen molar-refractivity contribution in [1.29, 1.82) is 0 Å². The summed E-state index contributed by atoms with van der Waals surface area (Å²) in [5, 5.41) is 9.42. The van der Waals surface area contributed by atoms with Crippen LogP contribution < -0.4 is 0 Å².